The van der Waals surface area contributed by atoms with Crippen molar-refractivity contribution in [2.75, 3.05) is 0 Å². The smallest absolute Gasteiger partial charge is 0.0406 e. The van der Waals surface area contributed by atoms with Crippen LogP contribution < -0.4 is 0 Å². The molecule has 0 saturated carbocycles. The summed E-state index contributed by atoms with van der Waals surface area (Å²) in [6.45, 7) is 0. The van der Waals surface area contributed by atoms with E-state index < -0.39 is 0 Å². The summed E-state index contributed by atoms with van der Waals surface area (Å²) in [5.41, 5.74) is 7.13. The zero-order valence-electron chi connectivity index (χ0n) is 14.0. The molecule has 0 saturated heterocycles. The van der Waals surface area contributed by atoms with E-state index in [1.807, 2.05) is 18.2 Å². The van der Waals surface area contributed by atoms with Crippen LogP contribution in [0.4, 0.5) is 0 Å². The monoisotopic (exact) mass is 418 g/mol. The molecule has 26 heavy (non-hydrogen) atoms. The fourth-order valence-corrected chi connectivity index (χ4v) is 3.86. The first-order chi connectivity index (χ1) is 12.7. The summed E-state index contributed by atoms with van der Waals surface area (Å²) in [5, 5.41) is 0.750. The second-order valence-electron chi connectivity index (χ2n) is 6.11. The SMILES string of the molecule is Clc1ccc(-c2ccccc2-c2ccc(-c3ccccc3)cc2Br)cc1. The van der Waals surface area contributed by atoms with Crippen molar-refractivity contribution < 1.29 is 0 Å². The standard InChI is InChI=1S/C24H16BrCl/c25-24-16-19(17-6-2-1-3-7-17)12-15-23(24)22-9-5-4-8-21(22)18-10-13-20(26)14-11-18/h1-16H. The molecule has 0 spiro atoms. The van der Waals surface area contributed by atoms with Gasteiger partial charge in [-0.25, -0.2) is 0 Å². The zero-order chi connectivity index (χ0) is 17.9. The molecule has 0 amide bonds. The minimum absolute atomic E-state index is 0.750. The Kier molecular flexibility index (Phi) is 4.92. The lowest BCUT2D eigenvalue weighted by Gasteiger charge is -2.13. The summed E-state index contributed by atoms with van der Waals surface area (Å²) in [4.78, 5) is 0. The van der Waals surface area contributed by atoms with Crippen molar-refractivity contribution in [2.24, 2.45) is 0 Å². The fourth-order valence-electron chi connectivity index (χ4n) is 3.14. The van der Waals surface area contributed by atoms with E-state index in [1.54, 1.807) is 0 Å². The molecular weight excluding hydrogens is 404 g/mol. The molecule has 4 aromatic rings. The van der Waals surface area contributed by atoms with Gasteiger partial charge in [-0.15, -0.1) is 0 Å². The molecule has 0 atom stereocenters. The summed E-state index contributed by atoms with van der Waals surface area (Å²) in [7, 11) is 0. The quantitative estimate of drug-likeness (QED) is 0.314. The largest absolute Gasteiger partial charge is 0.0843 e. The zero-order valence-corrected chi connectivity index (χ0v) is 16.3. The molecule has 0 aliphatic carbocycles. The lowest BCUT2D eigenvalue weighted by molar-refractivity contribution is 1.54. The first-order valence-electron chi connectivity index (χ1n) is 8.43. The molecular formula is C24H16BrCl. The molecule has 0 unspecified atom stereocenters. The third kappa shape index (κ3) is 3.46. The van der Waals surface area contributed by atoms with Crippen LogP contribution in [0, 0.1) is 0 Å². The van der Waals surface area contributed by atoms with E-state index in [0.29, 0.717) is 0 Å². The van der Waals surface area contributed by atoms with Crippen molar-refractivity contribution in [2.45, 2.75) is 0 Å². The van der Waals surface area contributed by atoms with Gasteiger partial charge in [0.1, 0.15) is 0 Å². The average Bonchev–Trinajstić information content (AvgIpc) is 2.69. The van der Waals surface area contributed by atoms with Crippen molar-refractivity contribution in [3.05, 3.63) is 107 Å². The second-order valence-corrected chi connectivity index (χ2v) is 7.40. The van der Waals surface area contributed by atoms with Crippen molar-refractivity contribution in [3.63, 3.8) is 0 Å². The molecule has 2 heteroatoms. The minimum Gasteiger partial charge on any atom is -0.0843 e. The Bertz CT molecular complexity index is 1040. The van der Waals surface area contributed by atoms with Crippen LogP contribution in [0.25, 0.3) is 33.4 Å². The molecule has 0 aromatic heterocycles. The van der Waals surface area contributed by atoms with E-state index in [2.05, 4.69) is 94.8 Å². The lowest BCUT2D eigenvalue weighted by Crippen LogP contribution is -1.87. The van der Waals surface area contributed by atoms with Crippen LogP contribution in [0.3, 0.4) is 0 Å². The van der Waals surface area contributed by atoms with Crippen LogP contribution in [0.1, 0.15) is 0 Å². The van der Waals surface area contributed by atoms with Gasteiger partial charge in [0.05, 0.1) is 0 Å². The Labute approximate surface area is 167 Å². The second kappa shape index (κ2) is 7.49. The molecule has 0 nitrogen and oxygen atoms in total. The third-order valence-corrected chi connectivity index (χ3v) is 5.36. The van der Waals surface area contributed by atoms with E-state index in [9.17, 15) is 0 Å². The predicted octanol–water partition coefficient (Wildman–Crippen LogP) is 8.10. The van der Waals surface area contributed by atoms with Crippen LogP contribution >= 0.6 is 27.5 Å². The van der Waals surface area contributed by atoms with Gasteiger partial charge in [-0.2, -0.15) is 0 Å². The van der Waals surface area contributed by atoms with E-state index in [0.717, 1.165) is 15.1 Å². The van der Waals surface area contributed by atoms with Gasteiger partial charge in [0.15, 0.2) is 0 Å². The molecule has 0 radical (unpaired) electrons. The molecule has 126 valence electrons. The first kappa shape index (κ1) is 17.1. The molecule has 0 aliphatic rings. The van der Waals surface area contributed by atoms with Crippen LogP contribution in [0.15, 0.2) is 102 Å². The Morgan fingerprint density at radius 1 is 0.500 bits per heavy atom. The molecule has 4 rings (SSSR count). The highest BCUT2D eigenvalue weighted by atomic mass is 79.9. The highest BCUT2D eigenvalue weighted by molar-refractivity contribution is 9.10. The Balaban J connectivity index is 1.80. The van der Waals surface area contributed by atoms with Gasteiger partial charge < -0.3 is 0 Å². The van der Waals surface area contributed by atoms with E-state index in [1.165, 1.54) is 27.8 Å². The Morgan fingerprint density at radius 2 is 1.12 bits per heavy atom. The number of hydrogen-bond acceptors (Lipinski definition) is 0. The van der Waals surface area contributed by atoms with Crippen LogP contribution in [-0.4, -0.2) is 0 Å². The summed E-state index contributed by atoms with van der Waals surface area (Å²) >= 11 is 9.83. The molecule has 0 fully saturated rings. The minimum atomic E-state index is 0.750. The van der Waals surface area contributed by atoms with Crippen molar-refractivity contribution in [3.8, 4) is 33.4 Å². The number of benzene rings is 4. The van der Waals surface area contributed by atoms with Gasteiger partial charge >= 0.3 is 0 Å². The molecule has 0 N–H and O–H groups in total. The van der Waals surface area contributed by atoms with Gasteiger partial charge in [-0.3, -0.25) is 0 Å². The van der Waals surface area contributed by atoms with E-state index in [-0.39, 0.29) is 0 Å². The Hall–Kier alpha value is -2.35. The van der Waals surface area contributed by atoms with Crippen LogP contribution in [0.2, 0.25) is 5.02 Å². The van der Waals surface area contributed by atoms with Gasteiger partial charge in [-0.1, -0.05) is 106 Å². The molecule has 4 aromatic carbocycles. The van der Waals surface area contributed by atoms with Gasteiger partial charge in [0.25, 0.3) is 0 Å². The number of hydrogen-bond donors (Lipinski definition) is 0. The van der Waals surface area contributed by atoms with Crippen LogP contribution in [0.5, 0.6) is 0 Å². The predicted molar refractivity (Wildman–Crippen MR) is 115 cm³/mol. The number of halogens is 2. The van der Waals surface area contributed by atoms with Gasteiger partial charge in [0.2, 0.25) is 0 Å². The van der Waals surface area contributed by atoms with Crippen LogP contribution in [-0.2, 0) is 0 Å². The highest BCUT2D eigenvalue weighted by Gasteiger charge is 2.11. The molecule has 0 aliphatic heterocycles. The number of rotatable bonds is 3. The maximum atomic E-state index is 6.05. The summed E-state index contributed by atoms with van der Waals surface area (Å²) in [6, 6.07) is 33.4. The highest BCUT2D eigenvalue weighted by Crippen LogP contribution is 2.38. The summed E-state index contributed by atoms with van der Waals surface area (Å²) < 4.78 is 1.08. The molecule has 0 bridgehead atoms. The first-order valence-corrected chi connectivity index (χ1v) is 9.60. The van der Waals surface area contributed by atoms with Crippen molar-refractivity contribution in [1.82, 2.24) is 0 Å². The van der Waals surface area contributed by atoms with Crippen molar-refractivity contribution >= 4 is 27.5 Å². The average molecular weight is 420 g/mol. The van der Waals surface area contributed by atoms with Gasteiger partial charge in [-0.05, 0) is 51.6 Å². The lowest BCUT2D eigenvalue weighted by atomic mass is 9.93. The topological polar surface area (TPSA) is 0 Å². The molecule has 0 heterocycles. The van der Waals surface area contributed by atoms with Crippen molar-refractivity contribution in [1.29, 1.82) is 0 Å². The summed E-state index contributed by atoms with van der Waals surface area (Å²) in [5.74, 6) is 0. The normalized spacial score (nSPS) is 10.7. The van der Waals surface area contributed by atoms with E-state index >= 15 is 0 Å². The van der Waals surface area contributed by atoms with E-state index in [4.69, 9.17) is 11.6 Å². The maximum Gasteiger partial charge on any atom is 0.0406 e. The Morgan fingerprint density at radius 3 is 1.81 bits per heavy atom. The summed E-state index contributed by atoms with van der Waals surface area (Å²) in [6.07, 6.45) is 0. The third-order valence-electron chi connectivity index (χ3n) is 4.45. The van der Waals surface area contributed by atoms with Gasteiger partial charge in [0, 0.05) is 9.50 Å². The fraction of sp³-hybridized carbons (Fsp3) is 0. The maximum absolute atomic E-state index is 6.05.